The van der Waals surface area contributed by atoms with Crippen molar-refractivity contribution in [3.63, 3.8) is 0 Å². The summed E-state index contributed by atoms with van der Waals surface area (Å²) in [5.74, 6) is 0.874. The van der Waals surface area contributed by atoms with Crippen molar-refractivity contribution in [1.29, 1.82) is 0 Å². The standard InChI is InChI=1S/C13H15BrN2OS/c1-3-15-12(13-16-6-7-18-13)10-8-9(14)4-5-11(10)17-2/h4-8,12,15H,3H2,1-2H3. The zero-order valence-corrected chi connectivity index (χ0v) is 12.7. The largest absolute Gasteiger partial charge is 0.496 e. The third-order valence-corrected chi connectivity index (χ3v) is 3.94. The molecule has 1 unspecified atom stereocenters. The number of nitrogens with zero attached hydrogens (tertiary/aromatic N) is 1. The van der Waals surface area contributed by atoms with Crippen LogP contribution in [0.1, 0.15) is 23.5 Å². The van der Waals surface area contributed by atoms with Crippen LogP contribution >= 0.6 is 27.3 Å². The number of ether oxygens (including phenoxy) is 1. The van der Waals surface area contributed by atoms with Gasteiger partial charge in [-0.15, -0.1) is 11.3 Å². The number of nitrogens with one attached hydrogen (secondary N) is 1. The van der Waals surface area contributed by atoms with Gasteiger partial charge in [-0.1, -0.05) is 22.9 Å². The molecular formula is C13H15BrN2OS. The van der Waals surface area contributed by atoms with E-state index in [1.54, 1.807) is 18.4 Å². The second-order valence-corrected chi connectivity index (χ2v) is 5.59. The van der Waals surface area contributed by atoms with Crippen LogP contribution in [0.3, 0.4) is 0 Å². The summed E-state index contributed by atoms with van der Waals surface area (Å²) in [6.07, 6.45) is 1.83. The molecule has 1 aromatic carbocycles. The summed E-state index contributed by atoms with van der Waals surface area (Å²) >= 11 is 5.15. The summed E-state index contributed by atoms with van der Waals surface area (Å²) in [5.41, 5.74) is 1.10. The smallest absolute Gasteiger partial charge is 0.124 e. The minimum atomic E-state index is 0.0717. The van der Waals surface area contributed by atoms with Gasteiger partial charge in [0.1, 0.15) is 10.8 Å². The van der Waals surface area contributed by atoms with E-state index in [0.29, 0.717) is 0 Å². The quantitative estimate of drug-likeness (QED) is 0.911. The van der Waals surface area contributed by atoms with Gasteiger partial charge in [0.25, 0.3) is 0 Å². The van der Waals surface area contributed by atoms with E-state index in [1.165, 1.54) is 0 Å². The summed E-state index contributed by atoms with van der Waals surface area (Å²) in [6.45, 7) is 2.96. The average molecular weight is 327 g/mol. The highest BCUT2D eigenvalue weighted by Crippen LogP contribution is 2.33. The first-order chi connectivity index (χ1) is 8.76. The van der Waals surface area contributed by atoms with Gasteiger partial charge in [0.15, 0.2) is 0 Å². The summed E-state index contributed by atoms with van der Waals surface area (Å²) < 4.78 is 6.48. The van der Waals surface area contributed by atoms with E-state index in [1.807, 2.05) is 23.7 Å². The molecule has 3 nitrogen and oxygen atoms in total. The van der Waals surface area contributed by atoms with Crippen LogP contribution in [0.4, 0.5) is 0 Å². The molecule has 0 saturated heterocycles. The van der Waals surface area contributed by atoms with Gasteiger partial charge in [-0.2, -0.15) is 0 Å². The number of hydrogen-bond donors (Lipinski definition) is 1. The monoisotopic (exact) mass is 326 g/mol. The maximum absolute atomic E-state index is 5.44. The topological polar surface area (TPSA) is 34.2 Å². The maximum Gasteiger partial charge on any atom is 0.124 e. The first-order valence-corrected chi connectivity index (χ1v) is 7.39. The van der Waals surface area contributed by atoms with Gasteiger partial charge in [-0.05, 0) is 24.7 Å². The van der Waals surface area contributed by atoms with E-state index in [2.05, 4.69) is 39.2 Å². The number of benzene rings is 1. The predicted octanol–water partition coefficient (Wildman–Crippen LogP) is 3.61. The second-order valence-electron chi connectivity index (χ2n) is 3.75. The van der Waals surface area contributed by atoms with E-state index >= 15 is 0 Å². The van der Waals surface area contributed by atoms with Crippen molar-refractivity contribution >= 4 is 27.3 Å². The molecule has 1 heterocycles. The number of thiazole rings is 1. The minimum absolute atomic E-state index is 0.0717. The molecule has 1 N–H and O–H groups in total. The van der Waals surface area contributed by atoms with Crippen molar-refractivity contribution in [2.45, 2.75) is 13.0 Å². The van der Waals surface area contributed by atoms with Gasteiger partial charge in [0, 0.05) is 21.6 Å². The summed E-state index contributed by atoms with van der Waals surface area (Å²) in [5, 5.41) is 6.49. The van der Waals surface area contributed by atoms with Crippen molar-refractivity contribution in [3.05, 3.63) is 44.8 Å². The molecule has 1 atom stereocenters. The first kappa shape index (κ1) is 13.5. The highest BCUT2D eigenvalue weighted by molar-refractivity contribution is 9.10. The number of aromatic nitrogens is 1. The molecule has 5 heteroatoms. The number of hydrogen-bond acceptors (Lipinski definition) is 4. The molecule has 96 valence electrons. The van der Waals surface area contributed by atoms with Crippen LogP contribution < -0.4 is 10.1 Å². The Bertz CT molecular complexity index is 502. The molecule has 1 aromatic heterocycles. The zero-order valence-electron chi connectivity index (χ0n) is 10.3. The molecule has 0 aliphatic rings. The van der Waals surface area contributed by atoms with Gasteiger partial charge in [0.05, 0.1) is 13.2 Å². The Hall–Kier alpha value is -0.910. The molecule has 0 spiro atoms. The van der Waals surface area contributed by atoms with Crippen LogP contribution in [0.5, 0.6) is 5.75 Å². The summed E-state index contributed by atoms with van der Waals surface area (Å²) in [6, 6.07) is 6.10. The zero-order chi connectivity index (χ0) is 13.0. The lowest BCUT2D eigenvalue weighted by molar-refractivity contribution is 0.404. The minimum Gasteiger partial charge on any atom is -0.496 e. The van der Waals surface area contributed by atoms with Crippen molar-refractivity contribution in [2.24, 2.45) is 0 Å². The highest BCUT2D eigenvalue weighted by Gasteiger charge is 2.19. The van der Waals surface area contributed by atoms with E-state index in [0.717, 1.165) is 27.3 Å². The van der Waals surface area contributed by atoms with Crippen molar-refractivity contribution in [3.8, 4) is 5.75 Å². The summed E-state index contributed by atoms with van der Waals surface area (Å²) in [4.78, 5) is 4.40. The number of rotatable bonds is 5. The molecule has 2 rings (SSSR count). The third-order valence-electron chi connectivity index (χ3n) is 2.61. The molecule has 0 bridgehead atoms. The average Bonchev–Trinajstić information content (AvgIpc) is 2.89. The Kier molecular flexibility index (Phi) is 4.74. The molecule has 0 aliphatic heterocycles. The summed E-state index contributed by atoms with van der Waals surface area (Å²) in [7, 11) is 1.69. The molecule has 0 saturated carbocycles. The Morgan fingerprint density at radius 2 is 2.33 bits per heavy atom. The van der Waals surface area contributed by atoms with E-state index in [4.69, 9.17) is 4.74 Å². The molecule has 0 radical (unpaired) electrons. The van der Waals surface area contributed by atoms with Crippen LogP contribution in [-0.2, 0) is 0 Å². The van der Waals surface area contributed by atoms with Crippen molar-refractivity contribution in [1.82, 2.24) is 10.3 Å². The Morgan fingerprint density at radius 3 is 2.94 bits per heavy atom. The molecule has 2 aromatic rings. The fourth-order valence-corrected chi connectivity index (χ4v) is 2.95. The normalized spacial score (nSPS) is 12.4. The van der Waals surface area contributed by atoms with Crippen molar-refractivity contribution in [2.75, 3.05) is 13.7 Å². The molecule has 0 fully saturated rings. The SMILES string of the molecule is CCNC(c1nccs1)c1cc(Br)ccc1OC. The third kappa shape index (κ3) is 2.91. The van der Waals surface area contributed by atoms with Crippen LogP contribution in [0.15, 0.2) is 34.2 Å². The Morgan fingerprint density at radius 1 is 1.50 bits per heavy atom. The van der Waals surface area contributed by atoms with E-state index in [9.17, 15) is 0 Å². The van der Waals surface area contributed by atoms with Crippen LogP contribution in [0.2, 0.25) is 0 Å². The lowest BCUT2D eigenvalue weighted by atomic mass is 10.1. The first-order valence-electron chi connectivity index (χ1n) is 5.72. The lowest BCUT2D eigenvalue weighted by Gasteiger charge is -2.19. The predicted molar refractivity (Wildman–Crippen MR) is 78.3 cm³/mol. The Balaban J connectivity index is 2.45. The fraction of sp³-hybridized carbons (Fsp3) is 0.308. The van der Waals surface area contributed by atoms with Crippen molar-refractivity contribution < 1.29 is 4.74 Å². The second kappa shape index (κ2) is 6.31. The highest BCUT2D eigenvalue weighted by atomic mass is 79.9. The Labute approximate surface area is 119 Å². The van der Waals surface area contributed by atoms with Gasteiger partial charge in [-0.3, -0.25) is 0 Å². The molecular weight excluding hydrogens is 312 g/mol. The fourth-order valence-electron chi connectivity index (χ4n) is 1.84. The molecule has 0 amide bonds. The van der Waals surface area contributed by atoms with Gasteiger partial charge in [0.2, 0.25) is 0 Å². The van der Waals surface area contributed by atoms with E-state index < -0.39 is 0 Å². The number of halogens is 1. The maximum atomic E-state index is 5.44. The molecule has 0 aliphatic carbocycles. The van der Waals surface area contributed by atoms with Gasteiger partial charge in [-0.25, -0.2) is 4.98 Å². The lowest BCUT2D eigenvalue weighted by Crippen LogP contribution is -2.22. The molecule has 18 heavy (non-hydrogen) atoms. The van der Waals surface area contributed by atoms with E-state index in [-0.39, 0.29) is 6.04 Å². The van der Waals surface area contributed by atoms with Crippen LogP contribution in [-0.4, -0.2) is 18.6 Å². The number of methoxy groups -OCH3 is 1. The van der Waals surface area contributed by atoms with Crippen LogP contribution in [0, 0.1) is 0 Å². The van der Waals surface area contributed by atoms with Crippen LogP contribution in [0.25, 0.3) is 0 Å². The van der Waals surface area contributed by atoms with Gasteiger partial charge >= 0.3 is 0 Å². The van der Waals surface area contributed by atoms with Gasteiger partial charge < -0.3 is 10.1 Å².